The van der Waals surface area contributed by atoms with Gasteiger partial charge in [0.05, 0.1) is 0 Å². The average molecular weight is 327 g/mol. The lowest BCUT2D eigenvalue weighted by atomic mass is 10.1. The second-order valence-corrected chi connectivity index (χ2v) is 5.82. The summed E-state index contributed by atoms with van der Waals surface area (Å²) in [7, 11) is 0. The van der Waals surface area contributed by atoms with Gasteiger partial charge in [0.25, 0.3) is 0 Å². The first-order chi connectivity index (χ1) is 11.7. The number of rotatable bonds is 4. The topological polar surface area (TPSA) is 68.1 Å². The molecule has 1 aromatic rings. The van der Waals surface area contributed by atoms with Crippen molar-refractivity contribution in [2.24, 2.45) is 0 Å². The highest BCUT2D eigenvalue weighted by Gasteiger charge is 2.39. The van der Waals surface area contributed by atoms with Crippen molar-refractivity contribution in [2.45, 2.75) is 31.7 Å². The standard InChI is InChI=1S/C18H18N2O4/c21-16-9-10-17(22)20(16)12-6-2-5-11-19-15(13-24-18(19)23)14-7-3-1-4-8-14/h1,3-4,7-8,15H,2,6,9-10,12-13H2/p+1/t15-/m0/s1. The molecule has 2 aliphatic rings. The number of hydrogen-bond acceptors (Lipinski definition) is 4. The Labute approximate surface area is 140 Å². The average Bonchev–Trinajstić information content (AvgIpc) is 3.12. The predicted molar refractivity (Wildman–Crippen MR) is 84.5 cm³/mol. The summed E-state index contributed by atoms with van der Waals surface area (Å²) in [5.74, 6) is 2.76. The van der Waals surface area contributed by atoms with Gasteiger partial charge >= 0.3 is 6.09 Å². The third kappa shape index (κ3) is 3.47. The molecule has 2 fully saturated rings. The number of benzene rings is 1. The summed E-state index contributed by atoms with van der Waals surface area (Å²) in [5.41, 5.74) is 1.01. The first-order valence-electron chi connectivity index (χ1n) is 8.08. The van der Waals surface area contributed by atoms with Gasteiger partial charge in [-0.05, 0) is 12.3 Å². The van der Waals surface area contributed by atoms with Crippen LogP contribution in [-0.4, -0.2) is 36.0 Å². The van der Waals surface area contributed by atoms with Gasteiger partial charge < -0.3 is 4.74 Å². The minimum Gasteiger partial charge on any atom is -0.412 e. The Hall–Kier alpha value is -2.65. The van der Waals surface area contributed by atoms with Crippen LogP contribution in [0.1, 0.15) is 37.3 Å². The molecule has 6 heteroatoms. The summed E-state index contributed by atoms with van der Waals surface area (Å²) < 4.78 is 5.12. The van der Waals surface area contributed by atoms with Crippen molar-refractivity contribution in [1.82, 2.24) is 4.90 Å². The number of nitrogens with one attached hydrogen (secondary N) is 1. The molecule has 6 nitrogen and oxygen atoms in total. The fourth-order valence-corrected chi connectivity index (χ4v) is 2.90. The van der Waals surface area contributed by atoms with Gasteiger partial charge in [-0.1, -0.05) is 30.3 Å². The summed E-state index contributed by atoms with van der Waals surface area (Å²) in [6.45, 7) is 0.720. The van der Waals surface area contributed by atoms with Crippen LogP contribution in [0, 0.1) is 12.0 Å². The molecule has 3 amide bonds. The summed E-state index contributed by atoms with van der Waals surface area (Å²) in [4.78, 5) is 36.6. The third-order valence-corrected chi connectivity index (χ3v) is 4.21. The highest BCUT2D eigenvalue weighted by Crippen LogP contribution is 2.13. The van der Waals surface area contributed by atoms with Crippen molar-refractivity contribution >= 4 is 17.9 Å². The number of carbonyl (C=O) groups is 3. The van der Waals surface area contributed by atoms with Gasteiger partial charge in [0.1, 0.15) is 6.04 Å². The van der Waals surface area contributed by atoms with E-state index in [0.717, 1.165) is 5.56 Å². The maximum Gasteiger partial charge on any atom is 0.528 e. The van der Waals surface area contributed by atoms with Crippen molar-refractivity contribution in [3.05, 3.63) is 35.9 Å². The van der Waals surface area contributed by atoms with Crippen molar-refractivity contribution in [1.29, 1.82) is 0 Å². The van der Waals surface area contributed by atoms with Gasteiger partial charge in [-0.15, -0.1) is 4.90 Å². The second-order valence-electron chi connectivity index (χ2n) is 5.82. The Morgan fingerprint density at radius 3 is 2.54 bits per heavy atom. The van der Waals surface area contributed by atoms with E-state index in [2.05, 4.69) is 12.0 Å². The van der Waals surface area contributed by atoms with Gasteiger partial charge in [0, 0.05) is 31.4 Å². The minimum atomic E-state index is -0.360. The molecular formula is C18H19N2O4+. The summed E-state index contributed by atoms with van der Waals surface area (Å²) in [6.07, 6.45) is 1.40. The van der Waals surface area contributed by atoms with Crippen LogP contribution in [0.5, 0.6) is 0 Å². The largest absolute Gasteiger partial charge is 0.528 e. The van der Waals surface area contributed by atoms with E-state index in [1.807, 2.05) is 30.3 Å². The van der Waals surface area contributed by atoms with Crippen LogP contribution in [0.25, 0.3) is 0 Å². The lowest BCUT2D eigenvalue weighted by Crippen LogP contribution is -3.09. The normalized spacial score (nSPS) is 23.2. The molecular weight excluding hydrogens is 308 g/mol. The molecule has 3 rings (SSSR count). The Morgan fingerprint density at radius 1 is 1.12 bits per heavy atom. The molecule has 0 spiro atoms. The molecule has 2 aliphatic heterocycles. The number of ether oxygens (including phenoxy) is 1. The van der Waals surface area contributed by atoms with E-state index in [-0.39, 0.29) is 23.9 Å². The van der Waals surface area contributed by atoms with Crippen LogP contribution in [-0.2, 0) is 14.3 Å². The first kappa shape index (κ1) is 16.2. The number of quaternary nitrogens is 1. The van der Waals surface area contributed by atoms with Gasteiger partial charge in [0.15, 0.2) is 12.6 Å². The number of imide groups is 1. The molecule has 124 valence electrons. The Morgan fingerprint density at radius 2 is 1.83 bits per heavy atom. The number of amides is 3. The molecule has 2 saturated heterocycles. The van der Waals surface area contributed by atoms with E-state index >= 15 is 0 Å². The quantitative estimate of drug-likeness (QED) is 0.501. The van der Waals surface area contributed by atoms with Gasteiger partial charge in [-0.3, -0.25) is 14.5 Å². The maximum atomic E-state index is 11.9. The second kappa shape index (κ2) is 7.28. The molecule has 2 heterocycles. The van der Waals surface area contributed by atoms with Crippen molar-refractivity contribution in [3.63, 3.8) is 0 Å². The minimum absolute atomic E-state index is 0.106. The molecule has 0 saturated carbocycles. The monoisotopic (exact) mass is 327 g/mol. The molecule has 0 aromatic heterocycles. The molecule has 1 unspecified atom stereocenters. The Bertz CT molecular complexity index is 689. The van der Waals surface area contributed by atoms with E-state index in [0.29, 0.717) is 43.7 Å². The van der Waals surface area contributed by atoms with E-state index in [1.165, 1.54) is 4.90 Å². The zero-order valence-corrected chi connectivity index (χ0v) is 13.3. The van der Waals surface area contributed by atoms with Gasteiger partial charge in [-0.25, -0.2) is 0 Å². The summed E-state index contributed by atoms with van der Waals surface area (Å²) >= 11 is 0. The third-order valence-electron chi connectivity index (χ3n) is 4.21. The van der Waals surface area contributed by atoms with E-state index in [9.17, 15) is 14.4 Å². The van der Waals surface area contributed by atoms with Gasteiger partial charge in [0.2, 0.25) is 11.8 Å². The zero-order valence-electron chi connectivity index (χ0n) is 13.3. The Kier molecular flexibility index (Phi) is 4.92. The summed E-state index contributed by atoms with van der Waals surface area (Å²) in [5, 5.41) is 0. The van der Waals surface area contributed by atoms with Crippen LogP contribution >= 0.6 is 0 Å². The summed E-state index contributed by atoms with van der Waals surface area (Å²) in [6, 6.07) is 12.5. The van der Waals surface area contributed by atoms with Crippen LogP contribution < -0.4 is 4.90 Å². The number of likely N-dealkylation sites (tertiary alicyclic amines) is 1. The number of cyclic esters (lactones) is 1. The Balaban J connectivity index is 1.55. The smallest absolute Gasteiger partial charge is 0.412 e. The van der Waals surface area contributed by atoms with Crippen LogP contribution in [0.3, 0.4) is 0 Å². The lowest BCUT2D eigenvalue weighted by Gasteiger charge is -2.11. The van der Waals surface area contributed by atoms with E-state index in [1.54, 1.807) is 0 Å². The van der Waals surface area contributed by atoms with Crippen LogP contribution in [0.4, 0.5) is 4.79 Å². The van der Waals surface area contributed by atoms with E-state index in [4.69, 9.17) is 4.74 Å². The highest BCUT2D eigenvalue weighted by molar-refractivity contribution is 6.01. The number of nitrogens with zero attached hydrogens (tertiary/aromatic N) is 1. The van der Waals surface area contributed by atoms with Crippen molar-refractivity contribution in [2.75, 3.05) is 13.2 Å². The highest BCUT2D eigenvalue weighted by atomic mass is 16.6. The molecule has 0 bridgehead atoms. The first-order valence-corrected chi connectivity index (χ1v) is 8.08. The fraction of sp³-hybridized carbons (Fsp3) is 0.389. The molecule has 0 aliphatic carbocycles. The number of unbranched alkanes of at least 4 members (excludes halogenated alkanes) is 1. The lowest BCUT2D eigenvalue weighted by molar-refractivity contribution is -0.766. The SMILES string of the molecule is O=C1CCC(=O)N1CCCC#C[NH+]1C(=O)OC[C@H]1c1ccccc1. The number of carbonyl (C=O) groups excluding carboxylic acids is 3. The van der Waals surface area contributed by atoms with Crippen LogP contribution in [0.2, 0.25) is 0 Å². The fourth-order valence-electron chi connectivity index (χ4n) is 2.90. The van der Waals surface area contributed by atoms with Crippen molar-refractivity contribution in [3.8, 4) is 12.0 Å². The van der Waals surface area contributed by atoms with Gasteiger partial charge in [-0.2, -0.15) is 4.79 Å². The van der Waals surface area contributed by atoms with Crippen molar-refractivity contribution < 1.29 is 24.0 Å². The molecule has 0 radical (unpaired) electrons. The maximum absolute atomic E-state index is 11.9. The zero-order chi connectivity index (χ0) is 16.9. The number of hydrogen-bond donors (Lipinski definition) is 1. The predicted octanol–water partition coefficient (Wildman–Crippen LogP) is 0.653. The number of alkyl carbamates (subject to hydrolysis) is 2. The molecule has 2 atom stereocenters. The molecule has 1 N–H and O–H groups in total. The van der Waals surface area contributed by atoms with Crippen LogP contribution in [0.15, 0.2) is 30.3 Å². The molecule has 24 heavy (non-hydrogen) atoms. The van der Waals surface area contributed by atoms with E-state index < -0.39 is 0 Å². The molecule has 1 aromatic carbocycles.